The summed E-state index contributed by atoms with van der Waals surface area (Å²) in [6, 6.07) is 0. The van der Waals surface area contributed by atoms with E-state index in [1.165, 1.54) is 19.3 Å². The monoisotopic (exact) mass is 166 g/mol. The van der Waals surface area contributed by atoms with Gasteiger partial charge in [-0.25, -0.2) is 0 Å². The number of ether oxygens (including phenoxy) is 2. The molecule has 12 heavy (non-hydrogen) atoms. The summed E-state index contributed by atoms with van der Waals surface area (Å²) in [5, 5.41) is 0. The molecule has 1 aliphatic heterocycles. The van der Waals surface area contributed by atoms with Gasteiger partial charge < -0.3 is 9.47 Å². The van der Waals surface area contributed by atoms with Gasteiger partial charge in [-0.3, -0.25) is 0 Å². The lowest BCUT2D eigenvalue weighted by atomic mass is 9.88. The van der Waals surface area contributed by atoms with E-state index in [9.17, 15) is 0 Å². The second-order valence-electron chi connectivity index (χ2n) is 4.09. The molecule has 0 bridgehead atoms. The van der Waals surface area contributed by atoms with Crippen molar-refractivity contribution in [3.8, 4) is 0 Å². The minimum absolute atomic E-state index is 0.474. The summed E-state index contributed by atoms with van der Waals surface area (Å²) in [5.41, 5.74) is 0. The predicted molar refractivity (Wildman–Crippen MR) is 44.1 cm³/mol. The largest absolute Gasteiger partial charge is 0.458 e. The summed E-state index contributed by atoms with van der Waals surface area (Å²) in [6.45, 7) is 0.474. The highest BCUT2D eigenvalue weighted by Crippen LogP contribution is 2.46. The molecule has 2 heteroatoms. The average molecular weight is 166 g/mol. The molecule has 66 valence electrons. The molecule has 0 aromatic heterocycles. The molecule has 1 fully saturated rings. The van der Waals surface area contributed by atoms with E-state index in [2.05, 4.69) is 0 Å². The zero-order chi connectivity index (χ0) is 7.97. The lowest BCUT2D eigenvalue weighted by Crippen LogP contribution is -2.10. The van der Waals surface area contributed by atoms with Crippen LogP contribution in [0.15, 0.2) is 11.5 Å². The van der Waals surface area contributed by atoms with Gasteiger partial charge in [-0.15, -0.1) is 0 Å². The summed E-state index contributed by atoms with van der Waals surface area (Å²) < 4.78 is 10.8. The summed E-state index contributed by atoms with van der Waals surface area (Å²) in [4.78, 5) is 0. The van der Waals surface area contributed by atoms with E-state index in [0.717, 1.165) is 36.2 Å². The van der Waals surface area contributed by atoms with Crippen LogP contribution in [0.1, 0.15) is 32.1 Å². The molecular weight excluding hydrogens is 152 g/mol. The first-order valence-electron chi connectivity index (χ1n) is 4.91. The second-order valence-corrected chi connectivity index (χ2v) is 4.09. The number of rotatable bonds is 1. The second kappa shape index (κ2) is 2.41. The molecule has 0 spiro atoms. The molecule has 0 radical (unpaired) electrons. The van der Waals surface area contributed by atoms with Gasteiger partial charge in [-0.2, -0.15) is 0 Å². The zero-order valence-electron chi connectivity index (χ0n) is 7.21. The van der Waals surface area contributed by atoms with Crippen molar-refractivity contribution in [2.24, 2.45) is 11.8 Å². The van der Waals surface area contributed by atoms with E-state index in [1.54, 1.807) is 0 Å². The van der Waals surface area contributed by atoms with Crippen LogP contribution < -0.4 is 0 Å². The Morgan fingerprint density at radius 2 is 1.75 bits per heavy atom. The van der Waals surface area contributed by atoms with E-state index in [0.29, 0.717) is 6.79 Å². The van der Waals surface area contributed by atoms with Gasteiger partial charge in [-0.05, 0) is 31.1 Å². The van der Waals surface area contributed by atoms with Crippen LogP contribution in [0.5, 0.6) is 0 Å². The van der Waals surface area contributed by atoms with Crippen LogP contribution in [0.4, 0.5) is 0 Å². The van der Waals surface area contributed by atoms with E-state index < -0.39 is 0 Å². The molecule has 3 rings (SSSR count). The molecular formula is C10H14O2. The molecule has 2 aliphatic carbocycles. The summed E-state index contributed by atoms with van der Waals surface area (Å²) in [6.07, 6.45) is 6.51. The fraction of sp³-hybridized carbons (Fsp3) is 0.800. The Morgan fingerprint density at radius 1 is 0.917 bits per heavy atom. The van der Waals surface area contributed by atoms with Crippen molar-refractivity contribution < 1.29 is 9.47 Å². The van der Waals surface area contributed by atoms with Gasteiger partial charge in [0.25, 0.3) is 0 Å². The van der Waals surface area contributed by atoms with Gasteiger partial charge in [0.05, 0.1) is 0 Å². The lowest BCUT2D eigenvalue weighted by molar-refractivity contribution is 0.0688. The first-order chi connectivity index (χ1) is 5.93. The van der Waals surface area contributed by atoms with Crippen molar-refractivity contribution >= 4 is 0 Å². The van der Waals surface area contributed by atoms with Crippen LogP contribution in [-0.2, 0) is 9.47 Å². The third kappa shape index (κ3) is 1.01. The Balaban J connectivity index is 1.74. The van der Waals surface area contributed by atoms with Crippen LogP contribution >= 0.6 is 0 Å². The molecule has 0 aromatic rings. The molecule has 1 saturated carbocycles. The van der Waals surface area contributed by atoms with Crippen molar-refractivity contribution in [1.29, 1.82) is 0 Å². The number of allylic oxidation sites excluding steroid dienone is 2. The Bertz CT molecular complexity index is 228. The Labute approximate surface area is 72.5 Å². The molecule has 3 aliphatic rings. The maximum absolute atomic E-state index is 5.42. The normalized spacial score (nSPS) is 34.2. The van der Waals surface area contributed by atoms with E-state index in [-0.39, 0.29) is 0 Å². The lowest BCUT2D eigenvalue weighted by Gasteiger charge is -2.20. The van der Waals surface area contributed by atoms with Gasteiger partial charge >= 0.3 is 0 Å². The molecule has 0 saturated heterocycles. The van der Waals surface area contributed by atoms with Crippen molar-refractivity contribution in [3.63, 3.8) is 0 Å². The topological polar surface area (TPSA) is 18.5 Å². The molecule has 1 heterocycles. The molecule has 1 atom stereocenters. The standard InChI is InChI=1S/C10H14O2/c1-2-7(1)8-3-4-9-10(5-8)12-6-11-9/h7-8H,1-6H2. The quantitative estimate of drug-likeness (QED) is 0.595. The maximum Gasteiger partial charge on any atom is 0.230 e. The van der Waals surface area contributed by atoms with E-state index in [1.807, 2.05) is 0 Å². The summed E-state index contributed by atoms with van der Waals surface area (Å²) in [7, 11) is 0. The van der Waals surface area contributed by atoms with Gasteiger partial charge in [0.2, 0.25) is 6.79 Å². The maximum atomic E-state index is 5.42. The van der Waals surface area contributed by atoms with Crippen LogP contribution in [0, 0.1) is 11.8 Å². The SMILES string of the molecule is C1OC2=C(CC(C3CC3)CC2)O1. The van der Waals surface area contributed by atoms with Gasteiger partial charge in [0.15, 0.2) is 0 Å². The predicted octanol–water partition coefficient (Wildman–Crippen LogP) is 2.41. The highest BCUT2D eigenvalue weighted by Gasteiger charge is 2.36. The van der Waals surface area contributed by atoms with Crippen LogP contribution in [0.3, 0.4) is 0 Å². The van der Waals surface area contributed by atoms with Crippen molar-refractivity contribution in [2.75, 3.05) is 6.79 Å². The Morgan fingerprint density at radius 3 is 2.58 bits per heavy atom. The highest BCUT2D eigenvalue weighted by molar-refractivity contribution is 5.10. The van der Waals surface area contributed by atoms with Crippen LogP contribution in [-0.4, -0.2) is 6.79 Å². The minimum atomic E-state index is 0.474. The average Bonchev–Trinajstić information content (AvgIpc) is 2.84. The number of hydrogen-bond acceptors (Lipinski definition) is 2. The summed E-state index contributed by atoms with van der Waals surface area (Å²) in [5.74, 6) is 4.23. The molecule has 0 amide bonds. The third-order valence-electron chi connectivity index (χ3n) is 3.26. The van der Waals surface area contributed by atoms with Crippen molar-refractivity contribution in [2.45, 2.75) is 32.1 Å². The van der Waals surface area contributed by atoms with E-state index >= 15 is 0 Å². The Hall–Kier alpha value is -0.660. The zero-order valence-corrected chi connectivity index (χ0v) is 7.21. The van der Waals surface area contributed by atoms with Gasteiger partial charge in [0, 0.05) is 12.8 Å². The van der Waals surface area contributed by atoms with Gasteiger partial charge in [-0.1, -0.05) is 0 Å². The summed E-state index contributed by atoms with van der Waals surface area (Å²) >= 11 is 0. The Kier molecular flexibility index (Phi) is 1.37. The van der Waals surface area contributed by atoms with E-state index in [4.69, 9.17) is 9.47 Å². The first kappa shape index (κ1) is 6.81. The fourth-order valence-electron chi connectivity index (χ4n) is 2.34. The number of hydrogen-bond donors (Lipinski definition) is 0. The molecule has 2 nitrogen and oxygen atoms in total. The smallest absolute Gasteiger partial charge is 0.230 e. The molecule has 0 N–H and O–H groups in total. The third-order valence-corrected chi connectivity index (χ3v) is 3.26. The van der Waals surface area contributed by atoms with Crippen molar-refractivity contribution in [1.82, 2.24) is 0 Å². The van der Waals surface area contributed by atoms with Crippen molar-refractivity contribution in [3.05, 3.63) is 11.5 Å². The molecule has 1 unspecified atom stereocenters. The fourth-order valence-corrected chi connectivity index (χ4v) is 2.34. The molecule has 0 aromatic carbocycles. The highest BCUT2D eigenvalue weighted by atomic mass is 16.7. The van der Waals surface area contributed by atoms with Crippen LogP contribution in [0.2, 0.25) is 0 Å². The van der Waals surface area contributed by atoms with Gasteiger partial charge in [0.1, 0.15) is 11.5 Å². The minimum Gasteiger partial charge on any atom is -0.458 e. The van der Waals surface area contributed by atoms with Crippen LogP contribution in [0.25, 0.3) is 0 Å². The first-order valence-corrected chi connectivity index (χ1v) is 4.91.